The average Bonchev–Trinajstić information content (AvgIpc) is 2.30. The van der Waals surface area contributed by atoms with Crippen LogP contribution in [0.1, 0.15) is 25.0 Å². The first-order chi connectivity index (χ1) is 6.90. The molecule has 1 saturated heterocycles. The summed E-state index contributed by atoms with van der Waals surface area (Å²) in [5, 5.41) is 0. The van der Waals surface area contributed by atoms with Crippen molar-refractivity contribution in [1.29, 1.82) is 0 Å². The van der Waals surface area contributed by atoms with Gasteiger partial charge in [-0.3, -0.25) is 0 Å². The highest BCUT2D eigenvalue weighted by Crippen LogP contribution is 2.17. The summed E-state index contributed by atoms with van der Waals surface area (Å²) in [6, 6.07) is 6.09. The summed E-state index contributed by atoms with van der Waals surface area (Å²) in [7, 11) is 0. The molecule has 0 bridgehead atoms. The topological polar surface area (TPSA) is 42.1 Å². The zero-order valence-corrected chi connectivity index (χ0v) is 9.67. The van der Waals surface area contributed by atoms with Crippen molar-refractivity contribution in [1.82, 2.24) is 4.98 Å². The number of piperidine rings is 1. The van der Waals surface area contributed by atoms with Crippen molar-refractivity contribution >= 4 is 18.2 Å². The third kappa shape index (κ3) is 3.08. The molecule has 0 spiro atoms. The van der Waals surface area contributed by atoms with E-state index in [-0.39, 0.29) is 12.4 Å². The van der Waals surface area contributed by atoms with E-state index >= 15 is 0 Å². The molecular formula is C11H18ClN3. The Morgan fingerprint density at radius 2 is 1.93 bits per heavy atom. The minimum absolute atomic E-state index is 0. The lowest BCUT2D eigenvalue weighted by atomic mass is 10.1. The zero-order valence-electron chi connectivity index (χ0n) is 8.85. The summed E-state index contributed by atoms with van der Waals surface area (Å²) >= 11 is 0. The predicted octanol–water partition coefficient (Wildman–Crippen LogP) is 1.95. The van der Waals surface area contributed by atoms with Crippen molar-refractivity contribution in [3.8, 4) is 0 Å². The molecule has 0 aliphatic carbocycles. The summed E-state index contributed by atoms with van der Waals surface area (Å²) in [6.45, 7) is 2.81. The lowest BCUT2D eigenvalue weighted by molar-refractivity contribution is 0.573. The number of aromatic nitrogens is 1. The van der Waals surface area contributed by atoms with Crippen LogP contribution in [0.15, 0.2) is 18.2 Å². The highest BCUT2D eigenvalue weighted by molar-refractivity contribution is 5.85. The van der Waals surface area contributed by atoms with Crippen molar-refractivity contribution in [2.75, 3.05) is 18.0 Å². The number of hydrogen-bond donors (Lipinski definition) is 1. The molecule has 0 radical (unpaired) electrons. The Balaban J connectivity index is 0.00000112. The lowest BCUT2D eigenvalue weighted by Gasteiger charge is -2.27. The fraction of sp³-hybridized carbons (Fsp3) is 0.545. The van der Waals surface area contributed by atoms with E-state index in [0.717, 1.165) is 24.6 Å². The summed E-state index contributed by atoms with van der Waals surface area (Å²) in [4.78, 5) is 6.87. The van der Waals surface area contributed by atoms with E-state index < -0.39 is 0 Å². The molecular weight excluding hydrogens is 210 g/mol. The molecule has 1 aliphatic heterocycles. The van der Waals surface area contributed by atoms with Gasteiger partial charge in [-0.25, -0.2) is 4.98 Å². The van der Waals surface area contributed by atoms with E-state index in [1.54, 1.807) is 0 Å². The Kier molecular flexibility index (Phi) is 4.85. The summed E-state index contributed by atoms with van der Waals surface area (Å²) in [6.07, 6.45) is 3.93. The molecule has 2 rings (SSSR count). The van der Waals surface area contributed by atoms with Gasteiger partial charge in [0.1, 0.15) is 5.82 Å². The minimum Gasteiger partial charge on any atom is -0.357 e. The van der Waals surface area contributed by atoms with Gasteiger partial charge in [-0.15, -0.1) is 12.4 Å². The second-order valence-electron chi connectivity index (χ2n) is 3.74. The van der Waals surface area contributed by atoms with E-state index in [4.69, 9.17) is 5.73 Å². The molecule has 1 fully saturated rings. The van der Waals surface area contributed by atoms with E-state index in [9.17, 15) is 0 Å². The minimum atomic E-state index is 0. The molecule has 3 nitrogen and oxygen atoms in total. The Bertz CT molecular complexity index is 298. The molecule has 15 heavy (non-hydrogen) atoms. The smallest absolute Gasteiger partial charge is 0.128 e. The molecule has 0 saturated carbocycles. The van der Waals surface area contributed by atoms with Gasteiger partial charge < -0.3 is 10.6 Å². The van der Waals surface area contributed by atoms with Crippen LogP contribution >= 0.6 is 12.4 Å². The van der Waals surface area contributed by atoms with Crippen molar-refractivity contribution in [3.05, 3.63) is 23.9 Å². The molecule has 2 N–H and O–H groups in total. The largest absolute Gasteiger partial charge is 0.357 e. The standard InChI is InChI=1S/C11H17N3.ClH/c12-9-10-5-4-6-11(13-10)14-7-2-1-3-8-14;/h4-6H,1-3,7-9,12H2;1H. The van der Waals surface area contributed by atoms with E-state index in [0.29, 0.717) is 6.54 Å². The van der Waals surface area contributed by atoms with Crippen molar-refractivity contribution in [2.45, 2.75) is 25.8 Å². The van der Waals surface area contributed by atoms with Crippen LogP contribution in [0.25, 0.3) is 0 Å². The van der Waals surface area contributed by atoms with E-state index in [1.807, 2.05) is 12.1 Å². The molecule has 0 unspecified atom stereocenters. The average molecular weight is 228 g/mol. The van der Waals surface area contributed by atoms with Crippen LogP contribution in [0.3, 0.4) is 0 Å². The van der Waals surface area contributed by atoms with Crippen LogP contribution in [-0.4, -0.2) is 18.1 Å². The van der Waals surface area contributed by atoms with Gasteiger partial charge in [0, 0.05) is 19.6 Å². The quantitative estimate of drug-likeness (QED) is 0.840. The Morgan fingerprint density at radius 1 is 1.20 bits per heavy atom. The zero-order chi connectivity index (χ0) is 9.80. The van der Waals surface area contributed by atoms with Gasteiger partial charge in [-0.05, 0) is 31.4 Å². The lowest BCUT2D eigenvalue weighted by Crippen LogP contribution is -2.30. The van der Waals surface area contributed by atoms with Crippen molar-refractivity contribution < 1.29 is 0 Å². The van der Waals surface area contributed by atoms with Crippen LogP contribution in [-0.2, 0) is 6.54 Å². The number of halogens is 1. The molecule has 4 heteroatoms. The van der Waals surface area contributed by atoms with Gasteiger partial charge in [-0.2, -0.15) is 0 Å². The normalized spacial score (nSPS) is 15.9. The second kappa shape index (κ2) is 5.93. The van der Waals surface area contributed by atoms with Gasteiger partial charge in [0.05, 0.1) is 5.69 Å². The van der Waals surface area contributed by atoms with Crippen LogP contribution in [0.2, 0.25) is 0 Å². The monoisotopic (exact) mass is 227 g/mol. The third-order valence-corrected chi connectivity index (χ3v) is 2.68. The first kappa shape index (κ1) is 12.3. The maximum Gasteiger partial charge on any atom is 0.128 e. The summed E-state index contributed by atoms with van der Waals surface area (Å²) in [5.41, 5.74) is 6.55. The Labute approximate surface area is 97.1 Å². The Morgan fingerprint density at radius 3 is 2.60 bits per heavy atom. The van der Waals surface area contributed by atoms with Gasteiger partial charge >= 0.3 is 0 Å². The summed E-state index contributed by atoms with van der Waals surface area (Å²) < 4.78 is 0. The highest BCUT2D eigenvalue weighted by atomic mass is 35.5. The molecule has 0 aromatic carbocycles. The van der Waals surface area contributed by atoms with E-state index in [1.165, 1.54) is 19.3 Å². The number of nitrogens with zero attached hydrogens (tertiary/aromatic N) is 2. The van der Waals surface area contributed by atoms with E-state index in [2.05, 4.69) is 16.0 Å². The van der Waals surface area contributed by atoms with Crippen LogP contribution in [0, 0.1) is 0 Å². The number of pyridine rings is 1. The van der Waals surface area contributed by atoms with Crippen LogP contribution < -0.4 is 10.6 Å². The molecule has 0 amide bonds. The number of nitrogens with two attached hydrogens (primary N) is 1. The molecule has 0 atom stereocenters. The fourth-order valence-electron chi connectivity index (χ4n) is 1.88. The molecule has 1 aromatic heterocycles. The van der Waals surface area contributed by atoms with Crippen LogP contribution in [0.5, 0.6) is 0 Å². The fourth-order valence-corrected chi connectivity index (χ4v) is 1.88. The SMILES string of the molecule is Cl.NCc1cccc(N2CCCCC2)n1. The molecule has 2 heterocycles. The first-order valence-electron chi connectivity index (χ1n) is 5.31. The number of rotatable bonds is 2. The summed E-state index contributed by atoms with van der Waals surface area (Å²) in [5.74, 6) is 1.09. The maximum atomic E-state index is 5.57. The van der Waals surface area contributed by atoms with Gasteiger partial charge in [0.25, 0.3) is 0 Å². The maximum absolute atomic E-state index is 5.57. The highest BCUT2D eigenvalue weighted by Gasteiger charge is 2.11. The van der Waals surface area contributed by atoms with Crippen molar-refractivity contribution in [3.63, 3.8) is 0 Å². The van der Waals surface area contributed by atoms with Crippen LogP contribution in [0.4, 0.5) is 5.82 Å². The van der Waals surface area contributed by atoms with Crippen molar-refractivity contribution in [2.24, 2.45) is 5.73 Å². The second-order valence-corrected chi connectivity index (χ2v) is 3.74. The molecule has 1 aliphatic rings. The predicted molar refractivity (Wildman–Crippen MR) is 65.4 cm³/mol. The first-order valence-corrected chi connectivity index (χ1v) is 5.31. The number of anilines is 1. The van der Waals surface area contributed by atoms with Gasteiger partial charge in [0.15, 0.2) is 0 Å². The van der Waals surface area contributed by atoms with Gasteiger partial charge in [0.2, 0.25) is 0 Å². The van der Waals surface area contributed by atoms with Gasteiger partial charge in [-0.1, -0.05) is 6.07 Å². The molecule has 1 aromatic rings. The Hall–Kier alpha value is -0.800. The third-order valence-electron chi connectivity index (χ3n) is 2.68. The molecule has 84 valence electrons. The number of hydrogen-bond acceptors (Lipinski definition) is 3.